The van der Waals surface area contributed by atoms with Crippen LogP contribution in [0.2, 0.25) is 0 Å². The van der Waals surface area contributed by atoms with Crippen molar-refractivity contribution in [2.24, 2.45) is 0 Å². The molecule has 1 nitrogen and oxygen atoms in total. The molecule has 0 fully saturated rings. The van der Waals surface area contributed by atoms with Gasteiger partial charge < -0.3 is 4.65 Å². The van der Waals surface area contributed by atoms with Gasteiger partial charge in [-0.1, -0.05) is 0 Å². The summed E-state index contributed by atoms with van der Waals surface area (Å²) < 4.78 is 135. The van der Waals surface area contributed by atoms with Gasteiger partial charge in [-0.25, -0.2) is 35.1 Å². The molecule has 24 heavy (non-hydrogen) atoms. The Labute approximate surface area is 126 Å². The van der Waals surface area contributed by atoms with Crippen molar-refractivity contribution in [1.82, 2.24) is 0 Å². The molecule has 0 saturated heterocycles. The van der Waals surface area contributed by atoms with E-state index >= 15 is 0 Å². The lowest BCUT2D eigenvalue weighted by Gasteiger charge is -2.11. The predicted molar refractivity (Wildman–Crippen MR) is 59.9 cm³/mol. The van der Waals surface area contributed by atoms with Crippen molar-refractivity contribution in [3.63, 3.8) is 0 Å². The Kier molecular flexibility index (Phi) is 4.67. The molecule has 0 unspecified atom stereocenters. The van der Waals surface area contributed by atoms with E-state index in [1.165, 1.54) is 0 Å². The van der Waals surface area contributed by atoms with E-state index in [9.17, 15) is 43.9 Å². The molecule has 0 aliphatic heterocycles. The van der Waals surface area contributed by atoms with Crippen molar-refractivity contribution in [3.8, 4) is 5.75 Å². The van der Waals surface area contributed by atoms with Gasteiger partial charge in [0, 0.05) is 5.46 Å². The average Bonchev–Trinajstić information content (AvgIpc) is 2.57. The van der Waals surface area contributed by atoms with E-state index in [-0.39, 0.29) is 0 Å². The minimum Gasteiger partial charge on any atom is -0.555 e. The van der Waals surface area contributed by atoms with Crippen LogP contribution in [0.25, 0.3) is 0 Å². The minimum absolute atomic E-state index is 1.66. The van der Waals surface area contributed by atoms with Gasteiger partial charge in [-0.3, -0.25) is 0 Å². The molecule has 12 heteroatoms. The second-order valence-corrected chi connectivity index (χ2v) is 4.24. The van der Waals surface area contributed by atoms with Crippen LogP contribution in [-0.2, 0) is 0 Å². The van der Waals surface area contributed by atoms with Gasteiger partial charge in [0.1, 0.15) is 0 Å². The van der Waals surface area contributed by atoms with Gasteiger partial charge in [0.25, 0.3) is 0 Å². The third kappa shape index (κ3) is 2.65. The van der Waals surface area contributed by atoms with Gasteiger partial charge in [0.05, 0.1) is 0 Å². The normalized spacial score (nSPS) is 10.9. The lowest BCUT2D eigenvalue weighted by atomic mass is 9.86. The van der Waals surface area contributed by atoms with Gasteiger partial charge in [-0.15, -0.1) is 0 Å². The quantitative estimate of drug-likeness (QED) is 0.353. The van der Waals surface area contributed by atoms with Gasteiger partial charge in [0.2, 0.25) is 29.1 Å². The molecule has 0 atom stereocenters. The SMILES string of the molecule is Fc1c(F)c(F)c(BOc2c(F)c(F)c(F)c(F)c2F)c(F)c1F. The van der Waals surface area contributed by atoms with Crippen LogP contribution in [0.5, 0.6) is 5.75 Å². The maximum atomic E-state index is 13.3. The van der Waals surface area contributed by atoms with Crippen LogP contribution in [0.15, 0.2) is 0 Å². The van der Waals surface area contributed by atoms with Gasteiger partial charge in [-0.05, 0) is 0 Å². The Morgan fingerprint density at radius 3 is 1.08 bits per heavy atom. The smallest absolute Gasteiger partial charge is 0.380 e. The van der Waals surface area contributed by atoms with E-state index in [1.807, 2.05) is 0 Å². The molecule has 128 valence electrons. The first kappa shape index (κ1) is 18.0. The van der Waals surface area contributed by atoms with Crippen molar-refractivity contribution in [2.75, 3.05) is 0 Å². The second-order valence-electron chi connectivity index (χ2n) is 4.24. The van der Waals surface area contributed by atoms with Crippen LogP contribution in [0.3, 0.4) is 0 Å². The zero-order chi connectivity index (χ0) is 18.3. The average molecular weight is 362 g/mol. The first-order chi connectivity index (χ1) is 11.1. The van der Waals surface area contributed by atoms with Crippen molar-refractivity contribution >= 4 is 12.9 Å². The number of hydrogen-bond donors (Lipinski definition) is 0. The fraction of sp³-hybridized carbons (Fsp3) is 0. The van der Waals surface area contributed by atoms with Crippen molar-refractivity contribution in [1.29, 1.82) is 0 Å². The van der Waals surface area contributed by atoms with E-state index in [1.54, 1.807) is 0 Å². The van der Waals surface area contributed by atoms with Crippen LogP contribution in [0.1, 0.15) is 0 Å². The Morgan fingerprint density at radius 1 is 0.417 bits per heavy atom. The first-order valence-electron chi connectivity index (χ1n) is 5.74. The molecule has 0 aromatic heterocycles. The molecular weight excluding hydrogens is 361 g/mol. The standard InChI is InChI=1S/C12HBF10O/c14-2-1(3(15)5(17)6(18)4(2)16)13-24-12-10(22)8(20)7(19)9(21)11(12)23/h13H. The third-order valence-corrected chi connectivity index (χ3v) is 2.83. The summed E-state index contributed by atoms with van der Waals surface area (Å²) in [6, 6.07) is 0. The molecule has 0 N–H and O–H groups in total. The maximum Gasteiger partial charge on any atom is 0.380 e. The number of hydrogen-bond acceptors (Lipinski definition) is 1. The molecule has 0 saturated carbocycles. The maximum absolute atomic E-state index is 13.3. The summed E-state index contributed by atoms with van der Waals surface area (Å²) in [5.41, 5.74) is -1.66. The molecule has 0 aliphatic carbocycles. The summed E-state index contributed by atoms with van der Waals surface area (Å²) in [4.78, 5) is 0. The summed E-state index contributed by atoms with van der Waals surface area (Å²) in [5, 5.41) is 0. The van der Waals surface area contributed by atoms with Gasteiger partial charge >= 0.3 is 7.48 Å². The molecule has 0 aliphatic rings. The summed E-state index contributed by atoms with van der Waals surface area (Å²) >= 11 is 0. The fourth-order valence-electron chi connectivity index (χ4n) is 1.63. The molecule has 2 aromatic rings. The van der Waals surface area contributed by atoms with Crippen LogP contribution in [-0.4, -0.2) is 7.48 Å². The third-order valence-electron chi connectivity index (χ3n) is 2.83. The molecule has 0 radical (unpaired) electrons. The van der Waals surface area contributed by atoms with Crippen LogP contribution < -0.4 is 10.1 Å². The number of benzene rings is 2. The van der Waals surface area contributed by atoms with Gasteiger partial charge in [-0.2, -0.15) is 8.78 Å². The lowest BCUT2D eigenvalue weighted by Crippen LogP contribution is -2.31. The molecule has 0 bridgehead atoms. The highest BCUT2D eigenvalue weighted by Crippen LogP contribution is 2.29. The van der Waals surface area contributed by atoms with Crippen molar-refractivity contribution < 1.29 is 48.6 Å². The molecule has 2 rings (SSSR count). The van der Waals surface area contributed by atoms with E-state index in [4.69, 9.17) is 0 Å². The molecule has 0 amide bonds. The fourth-order valence-corrected chi connectivity index (χ4v) is 1.63. The Hall–Kier alpha value is -2.40. The first-order valence-corrected chi connectivity index (χ1v) is 5.74. The van der Waals surface area contributed by atoms with Gasteiger partial charge in [0.15, 0.2) is 34.8 Å². The topological polar surface area (TPSA) is 9.23 Å². The summed E-state index contributed by atoms with van der Waals surface area (Å²) in [6.07, 6.45) is 0. The molecule has 2 aromatic carbocycles. The second kappa shape index (κ2) is 6.25. The highest BCUT2D eigenvalue weighted by Gasteiger charge is 2.30. The summed E-state index contributed by atoms with van der Waals surface area (Å²) in [5.74, 6) is -26.2. The summed E-state index contributed by atoms with van der Waals surface area (Å²) in [7, 11) is -1.69. The lowest BCUT2D eigenvalue weighted by molar-refractivity contribution is 0.350. The van der Waals surface area contributed by atoms with Crippen LogP contribution >= 0.6 is 0 Å². The summed E-state index contributed by atoms with van der Waals surface area (Å²) in [6.45, 7) is 0. The minimum atomic E-state index is -2.52. The number of rotatable bonds is 3. The Morgan fingerprint density at radius 2 is 0.708 bits per heavy atom. The molecule has 0 spiro atoms. The molecular formula is C12HBF10O. The zero-order valence-corrected chi connectivity index (χ0v) is 10.9. The highest BCUT2D eigenvalue weighted by molar-refractivity contribution is 6.48. The number of halogens is 10. The Balaban J connectivity index is 2.48. The Bertz CT molecular complexity index is 710. The zero-order valence-electron chi connectivity index (χ0n) is 10.9. The van der Waals surface area contributed by atoms with E-state index in [2.05, 4.69) is 4.65 Å². The van der Waals surface area contributed by atoms with E-state index < -0.39 is 76.9 Å². The molecule has 0 heterocycles. The van der Waals surface area contributed by atoms with Crippen LogP contribution in [0.4, 0.5) is 43.9 Å². The van der Waals surface area contributed by atoms with Crippen molar-refractivity contribution in [3.05, 3.63) is 58.2 Å². The van der Waals surface area contributed by atoms with E-state index in [0.717, 1.165) is 0 Å². The van der Waals surface area contributed by atoms with E-state index in [0.29, 0.717) is 0 Å². The highest BCUT2D eigenvalue weighted by atomic mass is 19.2. The monoisotopic (exact) mass is 362 g/mol. The van der Waals surface area contributed by atoms with Crippen molar-refractivity contribution in [2.45, 2.75) is 0 Å². The van der Waals surface area contributed by atoms with Crippen LogP contribution in [0, 0.1) is 58.2 Å². The largest absolute Gasteiger partial charge is 0.555 e. The predicted octanol–water partition coefficient (Wildman–Crippen LogP) is 3.13.